The van der Waals surface area contributed by atoms with Crippen molar-refractivity contribution in [2.24, 2.45) is 0 Å². The topological polar surface area (TPSA) is 49.0 Å². The summed E-state index contributed by atoms with van der Waals surface area (Å²) in [6.07, 6.45) is 0.997. The Balaban J connectivity index is 0.00000110. The Kier molecular flexibility index (Phi) is 3.43. The molecular formula is C13H16ClNO4. The van der Waals surface area contributed by atoms with Crippen molar-refractivity contribution in [2.75, 3.05) is 26.6 Å². The van der Waals surface area contributed by atoms with Crippen LogP contribution in [0.15, 0.2) is 12.1 Å². The molecule has 3 aliphatic rings. The molecule has 1 aromatic carbocycles. The van der Waals surface area contributed by atoms with Gasteiger partial charge in [-0.05, 0) is 12.5 Å². The highest BCUT2D eigenvalue weighted by atomic mass is 35.5. The highest BCUT2D eigenvalue weighted by molar-refractivity contribution is 5.85. The van der Waals surface area contributed by atoms with Gasteiger partial charge in [-0.2, -0.15) is 0 Å². The van der Waals surface area contributed by atoms with Gasteiger partial charge in [-0.25, -0.2) is 0 Å². The van der Waals surface area contributed by atoms with Crippen LogP contribution in [0.25, 0.3) is 0 Å². The molecule has 0 radical (unpaired) electrons. The molecule has 3 heterocycles. The minimum absolute atomic E-state index is 0. The van der Waals surface area contributed by atoms with Gasteiger partial charge in [0.15, 0.2) is 11.5 Å². The zero-order chi connectivity index (χ0) is 11.9. The Labute approximate surface area is 117 Å². The number of ether oxygens (including phenoxy) is 4. The number of rotatable bonds is 0. The number of fused-ring (bicyclic) bond motifs is 4. The summed E-state index contributed by atoms with van der Waals surface area (Å²) < 4.78 is 22.5. The number of hydrogen-bond acceptors (Lipinski definition) is 5. The number of hydrogen-bond donors (Lipinski definition) is 1. The molecule has 1 aromatic rings. The summed E-state index contributed by atoms with van der Waals surface area (Å²) in [5, 5.41) is 3.49. The summed E-state index contributed by atoms with van der Waals surface area (Å²) in [6, 6.07) is 4.23. The van der Waals surface area contributed by atoms with E-state index in [1.54, 1.807) is 0 Å². The smallest absolute Gasteiger partial charge is 0.231 e. The van der Waals surface area contributed by atoms with Crippen LogP contribution >= 0.6 is 12.4 Å². The maximum atomic E-state index is 5.91. The Morgan fingerprint density at radius 1 is 1.00 bits per heavy atom. The third-order valence-electron chi connectivity index (χ3n) is 3.67. The Bertz CT molecular complexity index is 482. The van der Waals surface area contributed by atoms with Crippen LogP contribution in [0, 0.1) is 0 Å². The van der Waals surface area contributed by atoms with Gasteiger partial charge in [-0.15, -0.1) is 12.4 Å². The maximum Gasteiger partial charge on any atom is 0.231 e. The molecule has 5 nitrogen and oxygen atoms in total. The van der Waals surface area contributed by atoms with Gasteiger partial charge in [0.1, 0.15) is 11.9 Å². The van der Waals surface area contributed by atoms with Gasteiger partial charge in [0.05, 0.1) is 13.2 Å². The first-order chi connectivity index (χ1) is 8.92. The molecule has 0 aliphatic carbocycles. The zero-order valence-electron chi connectivity index (χ0n) is 10.4. The third-order valence-corrected chi connectivity index (χ3v) is 3.67. The van der Waals surface area contributed by atoms with E-state index in [4.69, 9.17) is 18.9 Å². The van der Waals surface area contributed by atoms with Gasteiger partial charge in [0.25, 0.3) is 0 Å². The second-order valence-electron chi connectivity index (χ2n) is 4.73. The molecule has 1 fully saturated rings. The van der Waals surface area contributed by atoms with E-state index in [1.165, 1.54) is 0 Å². The van der Waals surface area contributed by atoms with Gasteiger partial charge >= 0.3 is 0 Å². The summed E-state index contributed by atoms with van der Waals surface area (Å²) in [4.78, 5) is 0. The van der Waals surface area contributed by atoms with E-state index in [0.717, 1.165) is 42.4 Å². The van der Waals surface area contributed by atoms with Crippen molar-refractivity contribution in [1.82, 2.24) is 5.32 Å². The lowest BCUT2D eigenvalue weighted by Gasteiger charge is -2.31. The molecule has 6 heteroatoms. The zero-order valence-corrected chi connectivity index (χ0v) is 11.2. The first kappa shape index (κ1) is 12.8. The molecule has 0 unspecified atom stereocenters. The Morgan fingerprint density at radius 3 is 2.74 bits per heavy atom. The van der Waals surface area contributed by atoms with Crippen LogP contribution in [-0.2, 0) is 4.74 Å². The fraction of sp³-hybridized carbons (Fsp3) is 0.538. The minimum atomic E-state index is 0. The number of benzene rings is 1. The minimum Gasteiger partial charge on any atom is -0.493 e. The van der Waals surface area contributed by atoms with Gasteiger partial charge in [-0.3, -0.25) is 0 Å². The monoisotopic (exact) mass is 285 g/mol. The molecular weight excluding hydrogens is 270 g/mol. The lowest BCUT2D eigenvalue weighted by Crippen LogP contribution is -2.43. The molecule has 1 saturated heterocycles. The lowest BCUT2D eigenvalue weighted by molar-refractivity contribution is -0.00593. The quantitative estimate of drug-likeness (QED) is 0.785. The van der Waals surface area contributed by atoms with E-state index in [1.807, 2.05) is 12.1 Å². The van der Waals surface area contributed by atoms with Crippen LogP contribution in [0.4, 0.5) is 0 Å². The second-order valence-corrected chi connectivity index (χ2v) is 4.73. The average molecular weight is 286 g/mol. The molecule has 104 valence electrons. The molecule has 2 atom stereocenters. The fourth-order valence-corrected chi connectivity index (χ4v) is 2.80. The van der Waals surface area contributed by atoms with Crippen molar-refractivity contribution in [2.45, 2.75) is 18.6 Å². The largest absolute Gasteiger partial charge is 0.493 e. The van der Waals surface area contributed by atoms with Crippen LogP contribution in [0.5, 0.6) is 17.2 Å². The van der Waals surface area contributed by atoms with Crippen LogP contribution in [0.1, 0.15) is 18.1 Å². The third kappa shape index (κ3) is 2.12. The second kappa shape index (κ2) is 5.07. The first-order valence-corrected chi connectivity index (χ1v) is 6.33. The standard InChI is InChI=1S/C13H15NO4.ClH/c1-3-15-10-6-12-11(17-7-18-12)5-8(10)13-9(1)14-2-4-16-13;/h5-6,9,13-14H,1-4,7H2;1H/t9-,13-;/m0./s1. The molecule has 1 N–H and O–H groups in total. The van der Waals surface area contributed by atoms with E-state index in [-0.39, 0.29) is 25.3 Å². The summed E-state index contributed by atoms with van der Waals surface area (Å²) in [7, 11) is 0. The lowest BCUT2D eigenvalue weighted by atomic mass is 9.98. The van der Waals surface area contributed by atoms with Crippen molar-refractivity contribution in [3.05, 3.63) is 17.7 Å². The van der Waals surface area contributed by atoms with Crippen LogP contribution in [0.2, 0.25) is 0 Å². The number of morpholine rings is 1. The molecule has 0 saturated carbocycles. The van der Waals surface area contributed by atoms with E-state index >= 15 is 0 Å². The van der Waals surface area contributed by atoms with Gasteiger partial charge in [-0.1, -0.05) is 0 Å². The summed E-state index contributed by atoms with van der Waals surface area (Å²) >= 11 is 0. The maximum absolute atomic E-state index is 5.91. The van der Waals surface area contributed by atoms with E-state index in [9.17, 15) is 0 Å². The summed E-state index contributed by atoms with van der Waals surface area (Å²) in [5.41, 5.74) is 1.06. The molecule has 0 spiro atoms. The molecule has 0 aromatic heterocycles. The van der Waals surface area contributed by atoms with Crippen molar-refractivity contribution < 1.29 is 18.9 Å². The predicted octanol–water partition coefficient (Wildman–Crippen LogP) is 1.65. The van der Waals surface area contributed by atoms with Gasteiger partial charge in [0.2, 0.25) is 6.79 Å². The summed E-state index contributed by atoms with van der Waals surface area (Å²) in [6.45, 7) is 2.62. The van der Waals surface area contributed by atoms with Crippen molar-refractivity contribution in [3.8, 4) is 17.2 Å². The molecule has 4 rings (SSSR count). The van der Waals surface area contributed by atoms with Crippen molar-refractivity contribution >= 4 is 12.4 Å². The van der Waals surface area contributed by atoms with E-state index in [0.29, 0.717) is 12.6 Å². The highest BCUT2D eigenvalue weighted by Crippen LogP contribution is 2.44. The Hall–Kier alpha value is -1.17. The van der Waals surface area contributed by atoms with Crippen LogP contribution in [-0.4, -0.2) is 32.6 Å². The Morgan fingerprint density at radius 2 is 1.84 bits per heavy atom. The summed E-state index contributed by atoms with van der Waals surface area (Å²) in [5.74, 6) is 2.40. The van der Waals surface area contributed by atoms with Gasteiger partial charge in [0, 0.05) is 24.2 Å². The predicted molar refractivity (Wildman–Crippen MR) is 70.4 cm³/mol. The molecule has 0 bridgehead atoms. The molecule has 3 aliphatic heterocycles. The fourth-order valence-electron chi connectivity index (χ4n) is 2.80. The molecule has 19 heavy (non-hydrogen) atoms. The number of nitrogens with one attached hydrogen (secondary N) is 1. The van der Waals surface area contributed by atoms with Gasteiger partial charge < -0.3 is 24.3 Å². The SMILES string of the molecule is Cl.c1c2c(cc3c1OCC[C@@H]1NCCO[C@@H]31)OCO2. The van der Waals surface area contributed by atoms with Crippen LogP contribution in [0.3, 0.4) is 0 Å². The number of halogens is 1. The molecule has 0 amide bonds. The van der Waals surface area contributed by atoms with Crippen molar-refractivity contribution in [3.63, 3.8) is 0 Å². The highest BCUT2D eigenvalue weighted by Gasteiger charge is 2.33. The van der Waals surface area contributed by atoms with E-state index < -0.39 is 0 Å². The van der Waals surface area contributed by atoms with Crippen LogP contribution < -0.4 is 19.5 Å². The average Bonchev–Trinajstić information content (AvgIpc) is 2.78. The van der Waals surface area contributed by atoms with Crippen molar-refractivity contribution in [1.29, 1.82) is 0 Å². The normalized spacial score (nSPS) is 27.4. The van der Waals surface area contributed by atoms with E-state index in [2.05, 4.69) is 5.32 Å². The first-order valence-electron chi connectivity index (χ1n) is 6.33.